The highest BCUT2D eigenvalue weighted by Gasteiger charge is 2.46. The van der Waals surface area contributed by atoms with E-state index in [4.69, 9.17) is 9.84 Å². The van der Waals surface area contributed by atoms with Crippen molar-refractivity contribution in [2.24, 2.45) is 0 Å². The van der Waals surface area contributed by atoms with Crippen LogP contribution < -0.4 is 10.1 Å². The van der Waals surface area contributed by atoms with Gasteiger partial charge >= 0.3 is 0 Å². The molecule has 0 spiro atoms. The molecule has 0 unspecified atom stereocenters. The molecule has 1 aliphatic heterocycles. The average molecular weight is 322 g/mol. The van der Waals surface area contributed by atoms with Gasteiger partial charge in [0.05, 0.1) is 7.11 Å². The second-order valence-electron chi connectivity index (χ2n) is 5.11. The number of hydrogen-bond donors (Lipinski definition) is 2. The first-order chi connectivity index (χ1) is 10.4. The molecule has 1 aromatic rings. The third-order valence-electron chi connectivity index (χ3n) is 3.69. The van der Waals surface area contributed by atoms with Crippen LogP contribution >= 0.6 is 0 Å². The Labute approximate surface area is 125 Å². The first-order valence-electron chi connectivity index (χ1n) is 6.87. The number of aliphatic hydroxyl groups is 1. The van der Waals surface area contributed by atoms with Crippen molar-refractivity contribution in [3.63, 3.8) is 0 Å². The number of ether oxygens (including phenoxy) is 1. The number of alkyl halides is 2. The topological polar surface area (TPSA) is 44.7 Å². The minimum atomic E-state index is -3.67. The van der Waals surface area contributed by atoms with Crippen molar-refractivity contribution in [3.8, 4) is 5.75 Å². The Morgan fingerprint density at radius 3 is 2.27 bits per heavy atom. The normalized spacial score (nSPS) is 18.3. The van der Waals surface area contributed by atoms with E-state index in [0.717, 1.165) is 12.1 Å². The lowest BCUT2D eigenvalue weighted by Crippen LogP contribution is -2.51. The fraction of sp³-hybridized carbons (Fsp3) is 0.571. The molecule has 2 rings (SSSR count). The summed E-state index contributed by atoms with van der Waals surface area (Å²) in [4.78, 5) is 1.28. The zero-order chi connectivity index (χ0) is 16.3. The first kappa shape index (κ1) is 17.0. The number of piperazine rings is 1. The molecule has 1 fully saturated rings. The van der Waals surface area contributed by atoms with E-state index in [1.807, 2.05) is 0 Å². The summed E-state index contributed by atoms with van der Waals surface area (Å²) in [5.74, 6) is -6.00. The smallest absolute Gasteiger partial charge is 0.290 e. The molecule has 1 atom stereocenters. The van der Waals surface area contributed by atoms with Crippen LogP contribution in [0.1, 0.15) is 11.6 Å². The standard InChI is InChI=1S/C14H18F4N2O2/c1-22-9-6-10(15)12(11(16)7-9)13(14(17,18)8-21)20-4-2-19-3-5-20/h6-7,13,19,21H,2-5,8H2,1H3/t13-/m1/s1. The molecule has 2 N–H and O–H groups in total. The van der Waals surface area contributed by atoms with Crippen LogP contribution in [0.4, 0.5) is 17.6 Å². The first-order valence-corrected chi connectivity index (χ1v) is 6.87. The van der Waals surface area contributed by atoms with Gasteiger partial charge in [-0.3, -0.25) is 4.90 Å². The lowest BCUT2D eigenvalue weighted by molar-refractivity contribution is -0.120. The van der Waals surface area contributed by atoms with E-state index in [9.17, 15) is 17.6 Å². The number of nitrogens with one attached hydrogen (secondary N) is 1. The van der Waals surface area contributed by atoms with Crippen molar-refractivity contribution in [1.82, 2.24) is 10.2 Å². The zero-order valence-electron chi connectivity index (χ0n) is 12.1. The molecular formula is C14H18F4N2O2. The van der Waals surface area contributed by atoms with E-state index in [1.165, 1.54) is 12.0 Å². The van der Waals surface area contributed by atoms with Crippen LogP contribution in [0.25, 0.3) is 0 Å². The summed E-state index contributed by atoms with van der Waals surface area (Å²) in [6, 6.07) is -0.146. The monoisotopic (exact) mass is 322 g/mol. The predicted molar refractivity (Wildman–Crippen MR) is 72.1 cm³/mol. The summed E-state index contributed by atoms with van der Waals surface area (Å²) in [6.45, 7) is -0.238. The highest BCUT2D eigenvalue weighted by atomic mass is 19.3. The summed E-state index contributed by atoms with van der Waals surface area (Å²) in [6.07, 6.45) is 0. The van der Waals surface area contributed by atoms with Crippen LogP contribution in [0.3, 0.4) is 0 Å². The number of nitrogens with zero attached hydrogens (tertiary/aromatic N) is 1. The highest BCUT2D eigenvalue weighted by Crippen LogP contribution is 2.39. The Balaban J connectivity index is 2.49. The lowest BCUT2D eigenvalue weighted by Gasteiger charge is -2.38. The van der Waals surface area contributed by atoms with Gasteiger partial charge < -0.3 is 15.2 Å². The third-order valence-corrected chi connectivity index (χ3v) is 3.69. The van der Waals surface area contributed by atoms with E-state index in [2.05, 4.69) is 5.32 Å². The van der Waals surface area contributed by atoms with Gasteiger partial charge in [0, 0.05) is 43.9 Å². The van der Waals surface area contributed by atoms with E-state index in [0.29, 0.717) is 13.1 Å². The second kappa shape index (κ2) is 6.80. The van der Waals surface area contributed by atoms with Crippen molar-refractivity contribution in [2.45, 2.75) is 12.0 Å². The van der Waals surface area contributed by atoms with Crippen molar-refractivity contribution in [3.05, 3.63) is 29.3 Å². The number of benzene rings is 1. The molecule has 1 aromatic carbocycles. The summed E-state index contributed by atoms with van der Waals surface area (Å²) in [7, 11) is 1.23. The molecule has 1 saturated heterocycles. The minimum absolute atomic E-state index is 0.0925. The van der Waals surface area contributed by atoms with Gasteiger partial charge in [-0.1, -0.05) is 0 Å². The van der Waals surface area contributed by atoms with Crippen molar-refractivity contribution < 1.29 is 27.4 Å². The van der Waals surface area contributed by atoms with Gasteiger partial charge in [-0.25, -0.2) is 17.6 Å². The van der Waals surface area contributed by atoms with Gasteiger partial charge in [0.15, 0.2) is 0 Å². The molecule has 4 nitrogen and oxygen atoms in total. The minimum Gasteiger partial charge on any atom is -0.497 e. The predicted octanol–water partition coefficient (Wildman–Crippen LogP) is 1.55. The Kier molecular flexibility index (Phi) is 5.25. The number of aliphatic hydroxyl groups excluding tert-OH is 1. The molecule has 1 aliphatic rings. The fourth-order valence-electron chi connectivity index (χ4n) is 2.63. The van der Waals surface area contributed by atoms with Crippen molar-refractivity contribution in [1.29, 1.82) is 0 Å². The fourth-order valence-corrected chi connectivity index (χ4v) is 2.63. The lowest BCUT2D eigenvalue weighted by atomic mass is 9.96. The Bertz CT molecular complexity index is 499. The van der Waals surface area contributed by atoms with Gasteiger partial charge in [-0.2, -0.15) is 0 Å². The van der Waals surface area contributed by atoms with Gasteiger partial charge in [-0.05, 0) is 0 Å². The van der Waals surface area contributed by atoms with Crippen LogP contribution in [0.2, 0.25) is 0 Å². The van der Waals surface area contributed by atoms with Crippen molar-refractivity contribution in [2.75, 3.05) is 39.9 Å². The summed E-state index contributed by atoms with van der Waals surface area (Å²) < 4.78 is 61.4. The average Bonchev–Trinajstić information content (AvgIpc) is 2.51. The maximum atomic E-state index is 14.2. The Hall–Kier alpha value is -1.38. The Morgan fingerprint density at radius 2 is 1.82 bits per heavy atom. The molecule has 8 heteroatoms. The number of methoxy groups -OCH3 is 1. The summed E-state index contributed by atoms with van der Waals surface area (Å²) in [5.41, 5.74) is -0.748. The summed E-state index contributed by atoms with van der Waals surface area (Å²) in [5, 5.41) is 12.0. The number of halogens is 4. The molecule has 1 heterocycles. The maximum absolute atomic E-state index is 14.2. The van der Waals surface area contributed by atoms with E-state index < -0.39 is 35.8 Å². The molecule has 0 aromatic heterocycles. The van der Waals surface area contributed by atoms with Crippen LogP contribution in [-0.4, -0.2) is 55.8 Å². The number of hydrogen-bond acceptors (Lipinski definition) is 4. The maximum Gasteiger partial charge on any atom is 0.290 e. The molecular weight excluding hydrogens is 304 g/mol. The molecule has 22 heavy (non-hydrogen) atoms. The van der Waals surface area contributed by atoms with Gasteiger partial charge in [0.25, 0.3) is 5.92 Å². The van der Waals surface area contributed by atoms with Crippen LogP contribution in [0.15, 0.2) is 12.1 Å². The van der Waals surface area contributed by atoms with Gasteiger partial charge in [0.2, 0.25) is 0 Å². The van der Waals surface area contributed by atoms with Crippen molar-refractivity contribution >= 4 is 0 Å². The molecule has 0 amide bonds. The third kappa shape index (κ3) is 3.34. The second-order valence-corrected chi connectivity index (χ2v) is 5.11. The largest absolute Gasteiger partial charge is 0.497 e. The van der Waals surface area contributed by atoms with E-state index in [1.54, 1.807) is 0 Å². The van der Waals surface area contributed by atoms with E-state index in [-0.39, 0.29) is 18.8 Å². The molecule has 124 valence electrons. The zero-order valence-corrected chi connectivity index (χ0v) is 12.1. The van der Waals surface area contributed by atoms with Crippen LogP contribution in [-0.2, 0) is 0 Å². The molecule has 0 aliphatic carbocycles. The quantitative estimate of drug-likeness (QED) is 0.808. The van der Waals surface area contributed by atoms with E-state index >= 15 is 0 Å². The summed E-state index contributed by atoms with van der Waals surface area (Å²) >= 11 is 0. The number of rotatable bonds is 5. The molecule has 0 radical (unpaired) electrons. The SMILES string of the molecule is COc1cc(F)c([C@@H](N2CCNCC2)C(F)(F)CO)c(F)c1. The Morgan fingerprint density at radius 1 is 1.27 bits per heavy atom. The molecule has 0 saturated carbocycles. The highest BCUT2D eigenvalue weighted by molar-refractivity contribution is 5.33. The van der Waals surface area contributed by atoms with Crippen LogP contribution in [0, 0.1) is 11.6 Å². The van der Waals surface area contributed by atoms with Crippen LogP contribution in [0.5, 0.6) is 5.75 Å². The van der Waals surface area contributed by atoms with Gasteiger partial charge in [0.1, 0.15) is 30.0 Å². The molecule has 0 bridgehead atoms. The van der Waals surface area contributed by atoms with Gasteiger partial charge in [-0.15, -0.1) is 0 Å².